The zero-order valence-corrected chi connectivity index (χ0v) is 11.9. The van der Waals surface area contributed by atoms with E-state index < -0.39 is 0 Å². The molecule has 20 heavy (non-hydrogen) atoms. The molecule has 0 unspecified atom stereocenters. The molecular formula is C15H18N4O. The first-order valence-electron chi connectivity index (χ1n) is 6.36. The molecule has 0 bridgehead atoms. The first kappa shape index (κ1) is 14.0. The lowest BCUT2D eigenvalue weighted by Crippen LogP contribution is -2.28. The number of carbonyl (C=O) groups is 1. The van der Waals surface area contributed by atoms with Gasteiger partial charge in [0.2, 0.25) is 0 Å². The van der Waals surface area contributed by atoms with E-state index in [1.165, 1.54) is 0 Å². The molecule has 0 spiro atoms. The Morgan fingerprint density at radius 1 is 1.15 bits per heavy atom. The molecule has 0 atom stereocenters. The van der Waals surface area contributed by atoms with Crippen LogP contribution < -0.4 is 4.90 Å². The van der Waals surface area contributed by atoms with Crippen LogP contribution in [0.1, 0.15) is 16.1 Å². The molecule has 0 radical (unpaired) electrons. The molecule has 5 nitrogen and oxygen atoms in total. The van der Waals surface area contributed by atoms with E-state index in [4.69, 9.17) is 0 Å². The molecular weight excluding hydrogens is 252 g/mol. The van der Waals surface area contributed by atoms with Gasteiger partial charge in [-0.15, -0.1) is 0 Å². The molecule has 5 heteroatoms. The molecule has 2 aromatic rings. The van der Waals surface area contributed by atoms with Gasteiger partial charge in [0, 0.05) is 39.2 Å². The van der Waals surface area contributed by atoms with Gasteiger partial charge in [-0.1, -0.05) is 12.1 Å². The summed E-state index contributed by atoms with van der Waals surface area (Å²) in [4.78, 5) is 24.3. The van der Waals surface area contributed by atoms with Gasteiger partial charge in [0.05, 0.1) is 24.0 Å². The quantitative estimate of drug-likeness (QED) is 0.850. The predicted molar refractivity (Wildman–Crippen MR) is 78.6 cm³/mol. The van der Waals surface area contributed by atoms with Crippen LogP contribution in [0.5, 0.6) is 0 Å². The Hall–Kier alpha value is -2.43. The summed E-state index contributed by atoms with van der Waals surface area (Å²) in [5.74, 6) is -0.0278. The van der Waals surface area contributed by atoms with Gasteiger partial charge in [0.1, 0.15) is 0 Å². The highest BCUT2D eigenvalue weighted by atomic mass is 16.2. The smallest absolute Gasteiger partial charge is 0.256 e. The van der Waals surface area contributed by atoms with Gasteiger partial charge in [0.15, 0.2) is 0 Å². The van der Waals surface area contributed by atoms with Crippen molar-refractivity contribution in [2.24, 2.45) is 0 Å². The molecule has 0 fully saturated rings. The number of para-hydroxylation sites is 1. The first-order valence-corrected chi connectivity index (χ1v) is 6.36. The van der Waals surface area contributed by atoms with E-state index in [9.17, 15) is 4.79 Å². The SMILES string of the molecule is CN(Cc1cnccn1)C(=O)c1ccccc1N(C)C. The average molecular weight is 270 g/mol. The lowest BCUT2D eigenvalue weighted by Gasteiger charge is -2.21. The topological polar surface area (TPSA) is 49.3 Å². The van der Waals surface area contributed by atoms with E-state index in [2.05, 4.69) is 9.97 Å². The van der Waals surface area contributed by atoms with E-state index in [1.807, 2.05) is 43.3 Å². The van der Waals surface area contributed by atoms with E-state index in [-0.39, 0.29) is 5.91 Å². The van der Waals surface area contributed by atoms with Crippen LogP contribution in [0.15, 0.2) is 42.9 Å². The molecule has 0 saturated carbocycles. The van der Waals surface area contributed by atoms with Gasteiger partial charge in [-0.25, -0.2) is 0 Å². The maximum absolute atomic E-state index is 12.5. The zero-order valence-electron chi connectivity index (χ0n) is 11.9. The van der Waals surface area contributed by atoms with Crippen LogP contribution >= 0.6 is 0 Å². The standard InChI is InChI=1S/C15H18N4O/c1-18(2)14-7-5-4-6-13(14)15(20)19(3)11-12-10-16-8-9-17-12/h4-10H,11H2,1-3H3. The Morgan fingerprint density at radius 2 is 1.90 bits per heavy atom. The second-order valence-corrected chi connectivity index (χ2v) is 4.77. The van der Waals surface area contributed by atoms with E-state index in [0.717, 1.165) is 11.4 Å². The number of benzene rings is 1. The van der Waals surface area contributed by atoms with E-state index in [0.29, 0.717) is 12.1 Å². The third-order valence-electron chi connectivity index (χ3n) is 2.98. The minimum absolute atomic E-state index is 0.0278. The number of rotatable bonds is 4. The van der Waals surface area contributed by atoms with Crippen molar-refractivity contribution >= 4 is 11.6 Å². The summed E-state index contributed by atoms with van der Waals surface area (Å²) in [5, 5.41) is 0. The van der Waals surface area contributed by atoms with Crippen LogP contribution in [-0.4, -0.2) is 41.9 Å². The maximum atomic E-state index is 12.5. The number of hydrogen-bond acceptors (Lipinski definition) is 4. The molecule has 0 N–H and O–H groups in total. The van der Waals surface area contributed by atoms with Crippen LogP contribution in [0.2, 0.25) is 0 Å². The minimum Gasteiger partial charge on any atom is -0.377 e. The van der Waals surface area contributed by atoms with Crippen molar-refractivity contribution in [3.8, 4) is 0 Å². The van der Waals surface area contributed by atoms with Crippen molar-refractivity contribution in [2.75, 3.05) is 26.0 Å². The lowest BCUT2D eigenvalue weighted by molar-refractivity contribution is 0.0784. The number of anilines is 1. The monoisotopic (exact) mass is 270 g/mol. The normalized spacial score (nSPS) is 10.2. The number of hydrogen-bond donors (Lipinski definition) is 0. The van der Waals surface area contributed by atoms with Crippen molar-refractivity contribution in [1.82, 2.24) is 14.9 Å². The fourth-order valence-corrected chi connectivity index (χ4v) is 1.98. The molecule has 0 aliphatic heterocycles. The van der Waals surface area contributed by atoms with Gasteiger partial charge < -0.3 is 9.80 Å². The highest BCUT2D eigenvalue weighted by molar-refractivity contribution is 5.99. The van der Waals surface area contributed by atoms with Crippen molar-refractivity contribution < 1.29 is 4.79 Å². The van der Waals surface area contributed by atoms with Gasteiger partial charge in [-0.3, -0.25) is 14.8 Å². The fourth-order valence-electron chi connectivity index (χ4n) is 1.98. The van der Waals surface area contributed by atoms with Crippen LogP contribution in [0.25, 0.3) is 0 Å². The first-order chi connectivity index (χ1) is 9.59. The second-order valence-electron chi connectivity index (χ2n) is 4.77. The average Bonchev–Trinajstić information content (AvgIpc) is 2.47. The molecule has 104 valence electrons. The Kier molecular flexibility index (Phi) is 4.30. The third-order valence-corrected chi connectivity index (χ3v) is 2.98. The number of aromatic nitrogens is 2. The highest BCUT2D eigenvalue weighted by Crippen LogP contribution is 2.19. The molecule has 0 saturated heterocycles. The summed E-state index contributed by atoms with van der Waals surface area (Å²) in [6.45, 7) is 0.439. The molecule has 1 aromatic carbocycles. The summed E-state index contributed by atoms with van der Waals surface area (Å²) in [6, 6.07) is 7.57. The number of carbonyl (C=O) groups excluding carboxylic acids is 1. The molecule has 0 aliphatic carbocycles. The fraction of sp³-hybridized carbons (Fsp3) is 0.267. The maximum Gasteiger partial charge on any atom is 0.256 e. The van der Waals surface area contributed by atoms with Crippen LogP contribution in [-0.2, 0) is 6.54 Å². The van der Waals surface area contributed by atoms with E-state index in [1.54, 1.807) is 30.5 Å². The summed E-state index contributed by atoms with van der Waals surface area (Å²) >= 11 is 0. The van der Waals surface area contributed by atoms with Gasteiger partial charge >= 0.3 is 0 Å². The van der Waals surface area contributed by atoms with Gasteiger partial charge in [-0.05, 0) is 12.1 Å². The van der Waals surface area contributed by atoms with Crippen LogP contribution in [0, 0.1) is 0 Å². The Morgan fingerprint density at radius 3 is 2.55 bits per heavy atom. The molecule has 1 aromatic heterocycles. The van der Waals surface area contributed by atoms with Crippen molar-refractivity contribution in [1.29, 1.82) is 0 Å². The summed E-state index contributed by atoms with van der Waals surface area (Å²) in [5.41, 5.74) is 2.36. The van der Waals surface area contributed by atoms with Crippen molar-refractivity contribution in [3.05, 3.63) is 54.1 Å². The number of nitrogens with zero attached hydrogens (tertiary/aromatic N) is 4. The van der Waals surface area contributed by atoms with Gasteiger partial charge in [0.25, 0.3) is 5.91 Å². The second kappa shape index (κ2) is 6.14. The number of amides is 1. The Labute approximate surface area is 118 Å². The largest absolute Gasteiger partial charge is 0.377 e. The van der Waals surface area contributed by atoms with Crippen molar-refractivity contribution in [2.45, 2.75) is 6.54 Å². The van der Waals surface area contributed by atoms with Crippen LogP contribution in [0.4, 0.5) is 5.69 Å². The van der Waals surface area contributed by atoms with Crippen molar-refractivity contribution in [3.63, 3.8) is 0 Å². The summed E-state index contributed by atoms with van der Waals surface area (Å²) in [7, 11) is 5.62. The minimum atomic E-state index is -0.0278. The van der Waals surface area contributed by atoms with Crippen LogP contribution in [0.3, 0.4) is 0 Å². The highest BCUT2D eigenvalue weighted by Gasteiger charge is 2.16. The Balaban J connectivity index is 2.19. The van der Waals surface area contributed by atoms with E-state index >= 15 is 0 Å². The Bertz CT molecular complexity index is 583. The third kappa shape index (κ3) is 3.12. The molecule has 0 aliphatic rings. The summed E-state index contributed by atoms with van der Waals surface area (Å²) < 4.78 is 0. The molecule has 2 rings (SSSR count). The summed E-state index contributed by atoms with van der Waals surface area (Å²) in [6.07, 6.45) is 4.91. The molecule has 1 heterocycles. The molecule has 1 amide bonds. The lowest BCUT2D eigenvalue weighted by atomic mass is 10.1. The zero-order chi connectivity index (χ0) is 14.5. The predicted octanol–water partition coefficient (Wildman–Crippen LogP) is 1.81. The van der Waals surface area contributed by atoms with Gasteiger partial charge in [-0.2, -0.15) is 0 Å².